The van der Waals surface area contributed by atoms with E-state index in [-0.39, 0.29) is 5.56 Å². The first-order chi connectivity index (χ1) is 9.16. The molecule has 104 valence electrons. The van der Waals surface area contributed by atoms with Crippen molar-refractivity contribution in [2.45, 2.75) is 0 Å². The van der Waals surface area contributed by atoms with Crippen LogP contribution >= 0.6 is 0 Å². The molecule has 1 heterocycles. The zero-order valence-corrected chi connectivity index (χ0v) is 10.6. The number of hydrogen-bond donors (Lipinski definition) is 2. The lowest BCUT2D eigenvalue weighted by Crippen LogP contribution is -2.39. The average Bonchev–Trinajstić information content (AvgIpc) is 2.41. The maximum absolute atomic E-state index is 13.2. The fourth-order valence-corrected chi connectivity index (χ4v) is 1.98. The van der Waals surface area contributed by atoms with Gasteiger partial charge in [-0.2, -0.15) is 0 Å². The van der Waals surface area contributed by atoms with Crippen LogP contribution in [0.1, 0.15) is 10.4 Å². The summed E-state index contributed by atoms with van der Waals surface area (Å²) in [4.78, 5) is 13.1. The van der Waals surface area contributed by atoms with Gasteiger partial charge in [-0.1, -0.05) is 0 Å². The van der Waals surface area contributed by atoms with Gasteiger partial charge in [-0.05, 0) is 18.2 Å². The van der Waals surface area contributed by atoms with Crippen LogP contribution in [0.4, 0.5) is 10.1 Å². The van der Waals surface area contributed by atoms with Crippen LogP contribution in [-0.4, -0.2) is 55.4 Å². The molecule has 5 nitrogen and oxygen atoms in total. The van der Waals surface area contributed by atoms with Crippen molar-refractivity contribution in [3.8, 4) is 0 Å². The smallest absolute Gasteiger partial charge is 0.338 e. The van der Waals surface area contributed by atoms with E-state index in [4.69, 9.17) is 9.84 Å². The number of rotatable bonds is 5. The lowest BCUT2D eigenvalue weighted by molar-refractivity contribution is 0.0398. The van der Waals surface area contributed by atoms with Crippen molar-refractivity contribution in [2.75, 3.05) is 44.7 Å². The number of aromatic carboxylic acids is 1. The summed E-state index contributed by atoms with van der Waals surface area (Å²) in [6.45, 7) is 4.85. The van der Waals surface area contributed by atoms with E-state index >= 15 is 0 Å². The monoisotopic (exact) mass is 268 g/mol. The third-order valence-corrected chi connectivity index (χ3v) is 3.06. The molecule has 2 rings (SSSR count). The quantitative estimate of drug-likeness (QED) is 0.842. The second-order valence-electron chi connectivity index (χ2n) is 4.38. The van der Waals surface area contributed by atoms with Crippen LogP contribution in [0.3, 0.4) is 0 Å². The van der Waals surface area contributed by atoms with Gasteiger partial charge in [0.25, 0.3) is 0 Å². The number of carbonyl (C=O) groups is 1. The van der Waals surface area contributed by atoms with Gasteiger partial charge in [0.05, 0.1) is 18.8 Å². The minimum Gasteiger partial charge on any atom is -0.478 e. The van der Waals surface area contributed by atoms with Crippen molar-refractivity contribution in [1.82, 2.24) is 4.90 Å². The van der Waals surface area contributed by atoms with Crippen LogP contribution in [0.2, 0.25) is 0 Å². The highest BCUT2D eigenvalue weighted by Crippen LogP contribution is 2.14. The SMILES string of the molecule is O=C(O)c1cc(NCCN2CCOCC2)ccc1F. The third kappa shape index (κ3) is 3.90. The molecule has 0 atom stereocenters. The number of ether oxygens (including phenoxy) is 1. The summed E-state index contributed by atoms with van der Waals surface area (Å²) in [6, 6.07) is 4.03. The molecule has 1 aliphatic heterocycles. The Morgan fingerprint density at radius 3 is 2.84 bits per heavy atom. The molecule has 0 aromatic heterocycles. The summed E-state index contributed by atoms with van der Waals surface area (Å²) < 4.78 is 18.5. The lowest BCUT2D eigenvalue weighted by atomic mass is 10.2. The first kappa shape index (κ1) is 13.8. The highest BCUT2D eigenvalue weighted by atomic mass is 19.1. The van der Waals surface area contributed by atoms with E-state index in [1.807, 2.05) is 0 Å². The first-order valence-electron chi connectivity index (χ1n) is 6.23. The molecule has 1 fully saturated rings. The summed E-state index contributed by atoms with van der Waals surface area (Å²) >= 11 is 0. The second-order valence-corrected chi connectivity index (χ2v) is 4.38. The van der Waals surface area contributed by atoms with Crippen LogP contribution in [0.5, 0.6) is 0 Å². The fraction of sp³-hybridized carbons (Fsp3) is 0.462. The van der Waals surface area contributed by atoms with E-state index < -0.39 is 11.8 Å². The number of anilines is 1. The minimum absolute atomic E-state index is 0.309. The molecule has 0 unspecified atom stereocenters. The van der Waals surface area contributed by atoms with Gasteiger partial charge in [0, 0.05) is 31.9 Å². The molecular weight excluding hydrogens is 251 g/mol. The third-order valence-electron chi connectivity index (χ3n) is 3.06. The van der Waals surface area contributed by atoms with E-state index in [0.29, 0.717) is 12.2 Å². The fourth-order valence-electron chi connectivity index (χ4n) is 1.98. The van der Waals surface area contributed by atoms with Gasteiger partial charge >= 0.3 is 5.97 Å². The minimum atomic E-state index is -1.26. The lowest BCUT2D eigenvalue weighted by Gasteiger charge is -2.26. The predicted octanol–water partition coefficient (Wildman–Crippen LogP) is 1.27. The number of nitrogens with zero attached hydrogens (tertiary/aromatic N) is 1. The number of benzene rings is 1. The Morgan fingerprint density at radius 2 is 2.16 bits per heavy atom. The van der Waals surface area contributed by atoms with Crippen molar-refractivity contribution in [1.29, 1.82) is 0 Å². The molecule has 0 bridgehead atoms. The average molecular weight is 268 g/mol. The summed E-state index contributed by atoms with van der Waals surface area (Å²) in [5.41, 5.74) is 0.309. The molecule has 6 heteroatoms. The highest BCUT2D eigenvalue weighted by Gasteiger charge is 2.12. The topological polar surface area (TPSA) is 61.8 Å². The molecule has 1 aromatic rings. The Balaban J connectivity index is 1.85. The molecule has 2 N–H and O–H groups in total. The summed E-state index contributed by atoms with van der Waals surface area (Å²) in [7, 11) is 0. The van der Waals surface area contributed by atoms with Gasteiger partial charge in [0.2, 0.25) is 0 Å². The zero-order chi connectivity index (χ0) is 13.7. The molecule has 0 aliphatic carbocycles. The molecule has 0 amide bonds. The van der Waals surface area contributed by atoms with Crippen molar-refractivity contribution in [2.24, 2.45) is 0 Å². The van der Waals surface area contributed by atoms with E-state index in [0.717, 1.165) is 32.8 Å². The Kier molecular flexibility index (Phi) is 4.70. The van der Waals surface area contributed by atoms with Crippen LogP contribution in [0.25, 0.3) is 0 Å². The zero-order valence-electron chi connectivity index (χ0n) is 10.6. The maximum atomic E-state index is 13.2. The van der Waals surface area contributed by atoms with Crippen LogP contribution < -0.4 is 5.32 Å². The van der Waals surface area contributed by atoms with Gasteiger partial charge in [0.1, 0.15) is 5.82 Å². The highest BCUT2D eigenvalue weighted by molar-refractivity contribution is 5.89. The van der Waals surface area contributed by atoms with Crippen LogP contribution in [0.15, 0.2) is 18.2 Å². The van der Waals surface area contributed by atoms with Crippen molar-refractivity contribution in [3.05, 3.63) is 29.6 Å². The largest absolute Gasteiger partial charge is 0.478 e. The van der Waals surface area contributed by atoms with Gasteiger partial charge in [0.15, 0.2) is 0 Å². The van der Waals surface area contributed by atoms with E-state index in [9.17, 15) is 9.18 Å². The predicted molar refractivity (Wildman–Crippen MR) is 69.1 cm³/mol. The molecule has 0 spiro atoms. The number of halogens is 1. The molecule has 1 saturated heterocycles. The Morgan fingerprint density at radius 1 is 1.42 bits per heavy atom. The number of carboxylic acids is 1. The molecule has 0 radical (unpaired) electrons. The number of carboxylic acid groups (broad SMARTS) is 1. The molecule has 0 saturated carbocycles. The van der Waals surface area contributed by atoms with Gasteiger partial charge in [-0.3, -0.25) is 4.90 Å². The van der Waals surface area contributed by atoms with Gasteiger partial charge < -0.3 is 15.2 Å². The standard InChI is InChI=1S/C13H17FN2O3/c14-12-2-1-10(9-11(12)13(17)18)15-3-4-16-5-7-19-8-6-16/h1-2,9,15H,3-8H2,(H,17,18). The van der Waals surface area contributed by atoms with E-state index in [1.54, 1.807) is 6.07 Å². The first-order valence-corrected chi connectivity index (χ1v) is 6.23. The maximum Gasteiger partial charge on any atom is 0.338 e. The van der Waals surface area contributed by atoms with E-state index in [1.165, 1.54) is 12.1 Å². The van der Waals surface area contributed by atoms with Gasteiger partial charge in [-0.25, -0.2) is 9.18 Å². The Labute approximate surface area is 111 Å². The Bertz CT molecular complexity index is 448. The van der Waals surface area contributed by atoms with Crippen molar-refractivity contribution < 1.29 is 19.0 Å². The molecular formula is C13H17FN2O3. The summed E-state index contributed by atoms with van der Waals surface area (Å²) in [5.74, 6) is -1.97. The second kappa shape index (κ2) is 6.49. The molecule has 1 aliphatic rings. The number of morpholine rings is 1. The van der Waals surface area contributed by atoms with Crippen LogP contribution in [-0.2, 0) is 4.74 Å². The Hall–Kier alpha value is -1.66. The van der Waals surface area contributed by atoms with E-state index in [2.05, 4.69) is 10.2 Å². The molecule has 1 aromatic carbocycles. The van der Waals surface area contributed by atoms with Crippen molar-refractivity contribution in [3.63, 3.8) is 0 Å². The number of hydrogen-bond acceptors (Lipinski definition) is 4. The summed E-state index contributed by atoms with van der Waals surface area (Å²) in [5, 5.41) is 11.9. The number of nitrogens with one attached hydrogen (secondary N) is 1. The van der Waals surface area contributed by atoms with Crippen molar-refractivity contribution >= 4 is 11.7 Å². The summed E-state index contributed by atoms with van der Waals surface area (Å²) in [6.07, 6.45) is 0. The normalized spacial score (nSPS) is 16.3. The molecule has 19 heavy (non-hydrogen) atoms. The van der Waals surface area contributed by atoms with Crippen LogP contribution in [0, 0.1) is 5.82 Å². The van der Waals surface area contributed by atoms with Gasteiger partial charge in [-0.15, -0.1) is 0 Å².